The molecular weight excluding hydrogens is 263 g/mol. The molecule has 0 saturated heterocycles. The molecule has 3 unspecified atom stereocenters. The van der Waals surface area contributed by atoms with E-state index in [-0.39, 0.29) is 5.92 Å². The molecule has 1 aliphatic carbocycles. The van der Waals surface area contributed by atoms with Crippen molar-refractivity contribution in [3.63, 3.8) is 0 Å². The van der Waals surface area contributed by atoms with E-state index >= 15 is 0 Å². The summed E-state index contributed by atoms with van der Waals surface area (Å²) in [5.41, 5.74) is 0.302. The molecule has 0 amide bonds. The summed E-state index contributed by atoms with van der Waals surface area (Å²) < 4.78 is 38.3. The fraction of sp³-hybridized carbons (Fsp3) is 0.625. The predicted molar refractivity (Wildman–Crippen MR) is 74.7 cm³/mol. The maximum atomic E-state index is 12.8. The zero-order chi connectivity index (χ0) is 14.8. The highest BCUT2D eigenvalue weighted by Gasteiger charge is 2.40. The van der Waals surface area contributed by atoms with E-state index in [2.05, 4.69) is 19.2 Å². The van der Waals surface area contributed by atoms with E-state index in [1.807, 2.05) is 6.07 Å². The van der Waals surface area contributed by atoms with Crippen LogP contribution in [0.4, 0.5) is 13.2 Å². The van der Waals surface area contributed by atoms with Gasteiger partial charge in [-0.25, -0.2) is 0 Å². The average molecular weight is 285 g/mol. The molecule has 1 N–H and O–H groups in total. The molecule has 0 aliphatic heterocycles. The molecule has 0 spiro atoms. The van der Waals surface area contributed by atoms with Gasteiger partial charge in [-0.2, -0.15) is 13.2 Å². The van der Waals surface area contributed by atoms with Crippen LogP contribution in [0.3, 0.4) is 0 Å². The second kappa shape index (κ2) is 6.17. The second-order valence-corrected chi connectivity index (χ2v) is 5.60. The normalized spacial score (nSPS) is 26.4. The number of benzene rings is 1. The van der Waals surface area contributed by atoms with Gasteiger partial charge in [0.2, 0.25) is 0 Å². The summed E-state index contributed by atoms with van der Waals surface area (Å²) in [6.07, 6.45) is -1.22. The molecule has 1 aromatic rings. The van der Waals surface area contributed by atoms with Gasteiger partial charge in [-0.15, -0.1) is 0 Å². The SMILES string of the molecule is CCCNC1CC(c2cccc(C(F)(F)F)c2)C1CC. The van der Waals surface area contributed by atoms with Gasteiger partial charge in [0.05, 0.1) is 5.56 Å². The molecule has 1 fully saturated rings. The van der Waals surface area contributed by atoms with Crippen molar-refractivity contribution >= 4 is 0 Å². The third-order valence-corrected chi connectivity index (χ3v) is 4.31. The van der Waals surface area contributed by atoms with Crippen molar-refractivity contribution in [1.82, 2.24) is 5.32 Å². The van der Waals surface area contributed by atoms with E-state index in [9.17, 15) is 13.2 Å². The molecule has 1 saturated carbocycles. The van der Waals surface area contributed by atoms with Crippen molar-refractivity contribution in [2.24, 2.45) is 5.92 Å². The van der Waals surface area contributed by atoms with Crippen LogP contribution in [0.15, 0.2) is 24.3 Å². The van der Waals surface area contributed by atoms with Crippen molar-refractivity contribution in [2.75, 3.05) is 6.54 Å². The van der Waals surface area contributed by atoms with Gasteiger partial charge in [0.15, 0.2) is 0 Å². The van der Waals surface area contributed by atoms with Gasteiger partial charge in [0.1, 0.15) is 0 Å². The van der Waals surface area contributed by atoms with Crippen molar-refractivity contribution in [2.45, 2.75) is 51.2 Å². The van der Waals surface area contributed by atoms with Crippen LogP contribution in [0.1, 0.15) is 50.2 Å². The van der Waals surface area contributed by atoms with E-state index in [1.165, 1.54) is 12.1 Å². The molecular formula is C16H22F3N. The number of nitrogens with one attached hydrogen (secondary N) is 1. The van der Waals surface area contributed by atoms with Crippen LogP contribution >= 0.6 is 0 Å². The van der Waals surface area contributed by atoms with Crippen LogP contribution < -0.4 is 5.32 Å². The highest BCUT2D eigenvalue weighted by atomic mass is 19.4. The molecule has 112 valence electrons. The number of hydrogen-bond acceptors (Lipinski definition) is 1. The molecule has 20 heavy (non-hydrogen) atoms. The quantitative estimate of drug-likeness (QED) is 0.834. The first-order valence-electron chi connectivity index (χ1n) is 7.37. The molecule has 1 aromatic carbocycles. The third kappa shape index (κ3) is 3.17. The van der Waals surface area contributed by atoms with Crippen molar-refractivity contribution in [3.8, 4) is 0 Å². The topological polar surface area (TPSA) is 12.0 Å². The number of alkyl halides is 3. The van der Waals surface area contributed by atoms with Gasteiger partial charge in [0.25, 0.3) is 0 Å². The molecule has 4 heteroatoms. The Kier molecular flexibility index (Phi) is 4.74. The summed E-state index contributed by atoms with van der Waals surface area (Å²) in [6, 6.07) is 6.29. The molecule has 0 aromatic heterocycles. The van der Waals surface area contributed by atoms with Gasteiger partial charge >= 0.3 is 6.18 Å². The Morgan fingerprint density at radius 2 is 2.00 bits per heavy atom. The van der Waals surface area contributed by atoms with Crippen LogP contribution in [0, 0.1) is 5.92 Å². The second-order valence-electron chi connectivity index (χ2n) is 5.60. The van der Waals surface area contributed by atoms with Gasteiger partial charge < -0.3 is 5.32 Å². The van der Waals surface area contributed by atoms with E-state index in [1.54, 1.807) is 0 Å². The first-order valence-corrected chi connectivity index (χ1v) is 7.37. The molecule has 2 rings (SSSR count). The van der Waals surface area contributed by atoms with E-state index in [4.69, 9.17) is 0 Å². The minimum absolute atomic E-state index is 0.261. The molecule has 1 nitrogen and oxygen atoms in total. The van der Waals surface area contributed by atoms with Gasteiger partial charge in [-0.3, -0.25) is 0 Å². The Morgan fingerprint density at radius 1 is 1.25 bits per heavy atom. The third-order valence-electron chi connectivity index (χ3n) is 4.31. The minimum Gasteiger partial charge on any atom is -0.314 e. The highest BCUT2D eigenvalue weighted by Crippen LogP contribution is 2.45. The summed E-state index contributed by atoms with van der Waals surface area (Å²) in [5.74, 6) is 0.710. The van der Waals surface area contributed by atoms with Crippen LogP contribution in [0.5, 0.6) is 0 Å². The standard InChI is InChI=1S/C16H22F3N/c1-3-8-20-15-10-14(13(15)4-2)11-6-5-7-12(9-11)16(17,18)19/h5-7,9,13-15,20H,3-4,8,10H2,1-2H3. The largest absolute Gasteiger partial charge is 0.416 e. The van der Waals surface area contributed by atoms with Gasteiger partial charge in [0, 0.05) is 6.04 Å². The fourth-order valence-corrected chi connectivity index (χ4v) is 3.17. The molecule has 1 aliphatic rings. The van der Waals surface area contributed by atoms with Crippen LogP contribution in [-0.4, -0.2) is 12.6 Å². The zero-order valence-corrected chi connectivity index (χ0v) is 12.0. The fourth-order valence-electron chi connectivity index (χ4n) is 3.17. The molecule has 0 heterocycles. The monoisotopic (exact) mass is 285 g/mol. The maximum Gasteiger partial charge on any atom is 0.416 e. The van der Waals surface area contributed by atoms with Crippen LogP contribution in [0.2, 0.25) is 0 Å². The lowest BCUT2D eigenvalue weighted by atomic mass is 9.65. The lowest BCUT2D eigenvalue weighted by Crippen LogP contribution is -2.49. The Labute approximate surface area is 118 Å². The Bertz CT molecular complexity index is 442. The number of hydrogen-bond donors (Lipinski definition) is 1. The number of rotatable bonds is 5. The predicted octanol–water partition coefficient (Wildman–Crippen LogP) is 4.59. The summed E-state index contributed by atoms with van der Waals surface area (Å²) in [4.78, 5) is 0. The molecule has 0 bridgehead atoms. The van der Waals surface area contributed by atoms with Gasteiger partial charge in [-0.05, 0) is 42.9 Å². The zero-order valence-electron chi connectivity index (χ0n) is 12.0. The number of halogens is 3. The summed E-state index contributed by atoms with van der Waals surface area (Å²) in [5, 5.41) is 3.49. The summed E-state index contributed by atoms with van der Waals surface area (Å²) >= 11 is 0. The first-order chi connectivity index (χ1) is 9.47. The summed E-state index contributed by atoms with van der Waals surface area (Å²) in [7, 11) is 0. The smallest absolute Gasteiger partial charge is 0.314 e. The lowest BCUT2D eigenvalue weighted by molar-refractivity contribution is -0.137. The van der Waals surface area contributed by atoms with Gasteiger partial charge in [-0.1, -0.05) is 38.5 Å². The average Bonchev–Trinajstić information content (AvgIpc) is 2.37. The first kappa shape index (κ1) is 15.4. The van der Waals surface area contributed by atoms with Crippen LogP contribution in [-0.2, 0) is 6.18 Å². The Morgan fingerprint density at radius 3 is 2.60 bits per heavy atom. The van der Waals surface area contributed by atoms with E-state index < -0.39 is 11.7 Å². The highest BCUT2D eigenvalue weighted by molar-refractivity contribution is 5.31. The lowest BCUT2D eigenvalue weighted by Gasteiger charge is -2.45. The van der Waals surface area contributed by atoms with E-state index in [0.29, 0.717) is 12.0 Å². The minimum atomic E-state index is -4.25. The van der Waals surface area contributed by atoms with Crippen molar-refractivity contribution in [1.29, 1.82) is 0 Å². The Balaban J connectivity index is 2.09. The molecule has 3 atom stereocenters. The molecule has 0 radical (unpaired) electrons. The van der Waals surface area contributed by atoms with Crippen LogP contribution in [0.25, 0.3) is 0 Å². The van der Waals surface area contributed by atoms with Crippen molar-refractivity contribution in [3.05, 3.63) is 35.4 Å². The van der Waals surface area contributed by atoms with E-state index in [0.717, 1.165) is 37.4 Å². The van der Waals surface area contributed by atoms with Crippen molar-refractivity contribution < 1.29 is 13.2 Å². The summed E-state index contributed by atoms with van der Waals surface area (Å²) in [6.45, 7) is 5.22. The maximum absolute atomic E-state index is 12.8. The Hall–Kier alpha value is -1.03.